The van der Waals surface area contributed by atoms with E-state index in [1.54, 1.807) is 0 Å². The van der Waals surface area contributed by atoms with Crippen LogP contribution in [-0.4, -0.2) is 22.6 Å². The van der Waals surface area contributed by atoms with E-state index in [-0.39, 0.29) is 11.7 Å². The molecular weight excluding hydrogens is 323 g/mol. The predicted molar refractivity (Wildman–Crippen MR) is 81.2 cm³/mol. The lowest BCUT2D eigenvalue weighted by Gasteiger charge is -2.05. The molecule has 0 spiro atoms. The van der Waals surface area contributed by atoms with Crippen molar-refractivity contribution in [3.8, 4) is 11.4 Å². The summed E-state index contributed by atoms with van der Waals surface area (Å²) in [5.74, 6) is -1.79. The molecule has 0 aliphatic rings. The molecule has 0 bridgehead atoms. The summed E-state index contributed by atoms with van der Waals surface area (Å²) in [7, 11) is 0. The first-order valence-electron chi connectivity index (χ1n) is 7.71. The van der Waals surface area contributed by atoms with Gasteiger partial charge in [-0.05, 0) is 18.6 Å². The molecule has 130 valence electrons. The second kappa shape index (κ2) is 7.94. The van der Waals surface area contributed by atoms with Crippen LogP contribution in [0.3, 0.4) is 0 Å². The molecule has 2 rings (SSSR count). The lowest BCUT2D eigenvalue weighted by atomic mass is 10.1. The minimum atomic E-state index is -4.68. The van der Waals surface area contributed by atoms with Crippen LogP contribution in [0.5, 0.6) is 0 Å². The average molecular weight is 341 g/mol. The summed E-state index contributed by atoms with van der Waals surface area (Å²) in [6.07, 6.45) is -0.435. The number of alkyl halides is 3. The summed E-state index contributed by atoms with van der Waals surface area (Å²) in [6, 6.07) is 5.99. The Hall–Kier alpha value is -2.38. The van der Waals surface area contributed by atoms with Crippen molar-refractivity contribution in [3.63, 3.8) is 0 Å². The van der Waals surface area contributed by atoms with Crippen molar-refractivity contribution in [2.45, 2.75) is 38.8 Å². The number of benzene rings is 1. The summed E-state index contributed by atoms with van der Waals surface area (Å²) < 4.78 is 41.5. The summed E-state index contributed by atoms with van der Waals surface area (Å²) in [5.41, 5.74) is 0.766. The van der Waals surface area contributed by atoms with E-state index < -0.39 is 12.1 Å². The van der Waals surface area contributed by atoms with Gasteiger partial charge >= 0.3 is 12.1 Å². The molecule has 0 saturated heterocycles. The largest absolute Gasteiger partial charge is 0.471 e. The Bertz CT molecular complexity index is 666. The Kier molecular flexibility index (Phi) is 5.94. The fraction of sp³-hybridized carbons (Fsp3) is 0.438. The van der Waals surface area contributed by atoms with Crippen LogP contribution in [0.25, 0.3) is 11.4 Å². The van der Waals surface area contributed by atoms with Gasteiger partial charge in [0.2, 0.25) is 5.82 Å². The van der Waals surface area contributed by atoms with Crippen molar-refractivity contribution in [1.29, 1.82) is 0 Å². The number of amides is 1. The smallest absolute Gasteiger partial charge is 0.352 e. The van der Waals surface area contributed by atoms with Crippen LogP contribution < -0.4 is 5.32 Å². The zero-order valence-electron chi connectivity index (χ0n) is 13.2. The highest BCUT2D eigenvalue weighted by molar-refractivity contribution is 5.94. The molecule has 0 aliphatic heterocycles. The van der Waals surface area contributed by atoms with Gasteiger partial charge in [0.1, 0.15) is 0 Å². The number of halogens is 3. The molecule has 8 heteroatoms. The lowest BCUT2D eigenvalue weighted by Crippen LogP contribution is -2.24. The van der Waals surface area contributed by atoms with Gasteiger partial charge in [-0.15, -0.1) is 0 Å². The van der Waals surface area contributed by atoms with Gasteiger partial charge in [0.25, 0.3) is 5.91 Å². The quantitative estimate of drug-likeness (QED) is 0.771. The summed E-state index contributed by atoms with van der Waals surface area (Å²) in [4.78, 5) is 15.3. The van der Waals surface area contributed by atoms with Crippen LogP contribution in [0.4, 0.5) is 13.2 Å². The van der Waals surface area contributed by atoms with E-state index >= 15 is 0 Å². The van der Waals surface area contributed by atoms with Gasteiger partial charge in [-0.1, -0.05) is 43.5 Å². The van der Waals surface area contributed by atoms with E-state index in [0.29, 0.717) is 17.7 Å². The first-order valence-corrected chi connectivity index (χ1v) is 7.71. The minimum absolute atomic E-state index is 0.172. The number of nitrogens with one attached hydrogen (secondary N) is 1. The minimum Gasteiger partial charge on any atom is -0.352 e. The third-order valence-corrected chi connectivity index (χ3v) is 3.39. The zero-order chi connectivity index (χ0) is 17.6. The van der Waals surface area contributed by atoms with E-state index in [9.17, 15) is 18.0 Å². The number of carbonyl (C=O) groups is 1. The molecule has 24 heavy (non-hydrogen) atoms. The molecule has 1 aromatic heterocycles. The summed E-state index contributed by atoms with van der Waals surface area (Å²) >= 11 is 0. The van der Waals surface area contributed by atoms with E-state index in [1.807, 2.05) is 0 Å². The first-order chi connectivity index (χ1) is 11.4. The van der Waals surface area contributed by atoms with Crippen molar-refractivity contribution in [1.82, 2.24) is 15.5 Å². The maximum atomic E-state index is 12.4. The fourth-order valence-corrected chi connectivity index (χ4v) is 2.08. The number of carbonyl (C=O) groups excluding carboxylic acids is 1. The van der Waals surface area contributed by atoms with Gasteiger partial charge in [0.05, 0.1) is 0 Å². The normalized spacial score (nSPS) is 11.5. The van der Waals surface area contributed by atoms with E-state index in [0.717, 1.165) is 25.7 Å². The highest BCUT2D eigenvalue weighted by atomic mass is 19.4. The number of hydrogen-bond donors (Lipinski definition) is 1. The monoisotopic (exact) mass is 341 g/mol. The number of unbranched alkanes of at least 4 members (excludes halogenated alkanes) is 3. The van der Waals surface area contributed by atoms with E-state index in [2.05, 4.69) is 26.9 Å². The molecule has 0 unspecified atom stereocenters. The number of aromatic nitrogens is 2. The van der Waals surface area contributed by atoms with Gasteiger partial charge in [-0.2, -0.15) is 18.2 Å². The van der Waals surface area contributed by atoms with Crippen LogP contribution in [0, 0.1) is 0 Å². The predicted octanol–water partition coefficient (Wildman–Crippen LogP) is 4.07. The Morgan fingerprint density at radius 3 is 2.46 bits per heavy atom. The zero-order valence-corrected chi connectivity index (χ0v) is 13.2. The molecular formula is C16H18F3N3O2. The molecule has 0 fully saturated rings. The van der Waals surface area contributed by atoms with Crippen LogP contribution in [0.15, 0.2) is 28.8 Å². The number of rotatable bonds is 7. The van der Waals surface area contributed by atoms with Gasteiger partial charge in [-0.3, -0.25) is 4.79 Å². The molecule has 1 N–H and O–H groups in total. The van der Waals surface area contributed by atoms with Gasteiger partial charge in [-0.25, -0.2) is 0 Å². The Balaban J connectivity index is 1.95. The standard InChI is InChI=1S/C16H18F3N3O2/c1-2-3-4-5-10-20-14(23)12-8-6-11(7-9-12)13-21-15(24-22-13)16(17,18)19/h6-9H,2-5,10H2,1H3,(H,20,23). The number of hydrogen-bond acceptors (Lipinski definition) is 4. The van der Waals surface area contributed by atoms with Gasteiger partial charge in [0, 0.05) is 17.7 Å². The van der Waals surface area contributed by atoms with Gasteiger partial charge in [0.15, 0.2) is 0 Å². The van der Waals surface area contributed by atoms with Gasteiger partial charge < -0.3 is 9.84 Å². The number of nitrogens with zero attached hydrogens (tertiary/aromatic N) is 2. The van der Waals surface area contributed by atoms with Crippen LogP contribution in [0.1, 0.15) is 48.9 Å². The third-order valence-electron chi connectivity index (χ3n) is 3.39. The maximum absolute atomic E-state index is 12.4. The molecule has 1 heterocycles. The topological polar surface area (TPSA) is 68.0 Å². The highest BCUT2D eigenvalue weighted by Gasteiger charge is 2.38. The van der Waals surface area contributed by atoms with Crippen LogP contribution >= 0.6 is 0 Å². The van der Waals surface area contributed by atoms with Crippen molar-refractivity contribution in [2.24, 2.45) is 0 Å². The third kappa shape index (κ3) is 4.81. The Labute approximate surface area is 137 Å². The molecule has 1 aromatic carbocycles. The van der Waals surface area contributed by atoms with Crippen molar-refractivity contribution in [2.75, 3.05) is 6.54 Å². The average Bonchev–Trinajstić information content (AvgIpc) is 3.05. The first kappa shape index (κ1) is 18.0. The molecule has 2 aromatic rings. The molecule has 5 nitrogen and oxygen atoms in total. The Morgan fingerprint density at radius 2 is 1.88 bits per heavy atom. The second-order valence-electron chi connectivity index (χ2n) is 5.31. The van der Waals surface area contributed by atoms with Crippen molar-refractivity contribution in [3.05, 3.63) is 35.7 Å². The maximum Gasteiger partial charge on any atom is 0.471 e. The van der Waals surface area contributed by atoms with Crippen LogP contribution in [0.2, 0.25) is 0 Å². The van der Waals surface area contributed by atoms with Crippen molar-refractivity contribution >= 4 is 5.91 Å². The fourth-order valence-electron chi connectivity index (χ4n) is 2.08. The molecule has 1 amide bonds. The van der Waals surface area contributed by atoms with E-state index in [1.165, 1.54) is 24.3 Å². The summed E-state index contributed by atoms with van der Waals surface area (Å²) in [5, 5.41) is 6.10. The Morgan fingerprint density at radius 1 is 1.17 bits per heavy atom. The van der Waals surface area contributed by atoms with Crippen molar-refractivity contribution < 1.29 is 22.5 Å². The molecule has 0 atom stereocenters. The highest BCUT2D eigenvalue weighted by Crippen LogP contribution is 2.29. The molecule has 0 aliphatic carbocycles. The molecule has 0 radical (unpaired) electrons. The second-order valence-corrected chi connectivity index (χ2v) is 5.31. The SMILES string of the molecule is CCCCCCNC(=O)c1ccc(-c2noc(C(F)(F)F)n2)cc1. The summed E-state index contributed by atoms with van der Waals surface area (Å²) in [6.45, 7) is 2.71. The molecule has 0 saturated carbocycles. The van der Waals surface area contributed by atoms with Crippen LogP contribution in [-0.2, 0) is 6.18 Å². The lowest BCUT2D eigenvalue weighted by molar-refractivity contribution is -0.159. The van der Waals surface area contributed by atoms with E-state index in [4.69, 9.17) is 0 Å².